The molecule has 2 aliphatic carbocycles. The van der Waals surface area contributed by atoms with Gasteiger partial charge in [-0.2, -0.15) is 0 Å². The average Bonchev–Trinajstić information content (AvgIpc) is 2.24. The van der Waals surface area contributed by atoms with Crippen molar-refractivity contribution in [1.82, 2.24) is 0 Å². The molecule has 0 fully saturated rings. The second-order valence-corrected chi connectivity index (χ2v) is 2.88. The van der Waals surface area contributed by atoms with Crippen LogP contribution in [-0.2, 0) is 0 Å². The minimum Gasteiger partial charge on any atom is -0.0552 e. The molecule has 0 spiro atoms. The van der Waals surface area contributed by atoms with Crippen LogP contribution in [0.15, 0.2) is 34.4 Å². The third-order valence-corrected chi connectivity index (χ3v) is 2.18. The lowest BCUT2D eigenvalue weighted by Crippen LogP contribution is -1.75. The Balaban J connectivity index is 2.59. The molecule has 0 nitrogen and oxygen atoms in total. The van der Waals surface area contributed by atoms with E-state index in [4.69, 9.17) is 0 Å². The van der Waals surface area contributed by atoms with Gasteiger partial charge in [0.15, 0.2) is 0 Å². The molecule has 0 radical (unpaired) electrons. The van der Waals surface area contributed by atoms with Crippen molar-refractivity contribution in [3.8, 4) is 0 Å². The Labute approximate surface area is 55.6 Å². The van der Waals surface area contributed by atoms with Crippen molar-refractivity contribution < 1.29 is 0 Å². The summed E-state index contributed by atoms with van der Waals surface area (Å²) in [6.07, 6.45) is 5.80. The summed E-state index contributed by atoms with van der Waals surface area (Å²) in [5, 5.41) is 0. The Morgan fingerprint density at radius 1 is 1.22 bits per heavy atom. The first-order valence-corrected chi connectivity index (χ1v) is 3.36. The zero-order chi connectivity index (χ0) is 6.43. The largest absolute Gasteiger partial charge is 0.0552 e. The highest BCUT2D eigenvalue weighted by Crippen LogP contribution is 2.37. The van der Waals surface area contributed by atoms with Gasteiger partial charge < -0.3 is 0 Å². The molecule has 2 bridgehead atoms. The molecule has 0 amide bonds. The SMILES string of the molecule is CC1=CC2=C(C)C=C1C2. The van der Waals surface area contributed by atoms with Crippen molar-refractivity contribution in [2.75, 3.05) is 0 Å². The van der Waals surface area contributed by atoms with Gasteiger partial charge in [-0.3, -0.25) is 0 Å². The first-order valence-electron chi connectivity index (χ1n) is 3.36. The summed E-state index contributed by atoms with van der Waals surface area (Å²) >= 11 is 0. The van der Waals surface area contributed by atoms with Crippen molar-refractivity contribution in [1.29, 1.82) is 0 Å². The fraction of sp³-hybridized carbons (Fsp3) is 0.333. The van der Waals surface area contributed by atoms with Crippen LogP contribution in [0.3, 0.4) is 0 Å². The Bertz CT molecular complexity index is 249. The van der Waals surface area contributed by atoms with Crippen LogP contribution in [0.1, 0.15) is 20.3 Å². The van der Waals surface area contributed by atoms with Crippen molar-refractivity contribution in [2.24, 2.45) is 0 Å². The number of hydrogen-bond donors (Lipinski definition) is 0. The lowest BCUT2D eigenvalue weighted by molar-refractivity contribution is 1.27. The summed E-state index contributed by atoms with van der Waals surface area (Å²) in [6, 6.07) is 0. The summed E-state index contributed by atoms with van der Waals surface area (Å²) < 4.78 is 0. The molecular formula is C9H10. The van der Waals surface area contributed by atoms with Crippen molar-refractivity contribution in [3.05, 3.63) is 34.4 Å². The zero-order valence-electron chi connectivity index (χ0n) is 5.86. The van der Waals surface area contributed by atoms with Gasteiger partial charge in [0.1, 0.15) is 0 Å². The van der Waals surface area contributed by atoms with Gasteiger partial charge in [0.05, 0.1) is 0 Å². The minimum atomic E-state index is 1.21. The van der Waals surface area contributed by atoms with Gasteiger partial charge in [-0.25, -0.2) is 0 Å². The van der Waals surface area contributed by atoms with Crippen LogP contribution < -0.4 is 0 Å². The van der Waals surface area contributed by atoms with Crippen LogP contribution in [-0.4, -0.2) is 0 Å². The fourth-order valence-electron chi connectivity index (χ4n) is 1.52. The van der Waals surface area contributed by atoms with Gasteiger partial charge in [-0.15, -0.1) is 0 Å². The van der Waals surface area contributed by atoms with E-state index in [0.717, 1.165) is 0 Å². The molecule has 2 rings (SSSR count). The highest BCUT2D eigenvalue weighted by molar-refractivity contribution is 5.58. The minimum absolute atomic E-state index is 1.21. The van der Waals surface area contributed by atoms with Gasteiger partial charge in [-0.1, -0.05) is 12.2 Å². The molecule has 0 saturated carbocycles. The van der Waals surface area contributed by atoms with Crippen LogP contribution in [0.4, 0.5) is 0 Å². The predicted molar refractivity (Wildman–Crippen MR) is 39.2 cm³/mol. The smallest absolute Gasteiger partial charge is 0.00203 e. The maximum absolute atomic E-state index is 2.30. The standard InChI is InChI=1S/C9H10/c1-6-3-9-5-8(6)4-7(9)2/h3-4H,5H2,1-2H3. The number of rotatable bonds is 0. The molecule has 0 atom stereocenters. The summed E-state index contributed by atoms with van der Waals surface area (Å²) in [6.45, 7) is 4.37. The molecule has 0 aliphatic heterocycles. The molecule has 0 saturated heterocycles. The third kappa shape index (κ3) is 0.533. The van der Waals surface area contributed by atoms with Gasteiger partial charge in [0.25, 0.3) is 0 Å². The molecular weight excluding hydrogens is 108 g/mol. The summed E-state index contributed by atoms with van der Waals surface area (Å²) in [5.74, 6) is 0. The van der Waals surface area contributed by atoms with Crippen LogP contribution >= 0.6 is 0 Å². The number of hydrogen-bond acceptors (Lipinski definition) is 0. The molecule has 0 aromatic heterocycles. The topological polar surface area (TPSA) is 0 Å². The van der Waals surface area contributed by atoms with Gasteiger partial charge in [-0.05, 0) is 42.6 Å². The van der Waals surface area contributed by atoms with Gasteiger partial charge in [0, 0.05) is 0 Å². The van der Waals surface area contributed by atoms with Crippen molar-refractivity contribution >= 4 is 0 Å². The van der Waals surface area contributed by atoms with E-state index >= 15 is 0 Å². The maximum atomic E-state index is 2.30. The van der Waals surface area contributed by atoms with Crippen LogP contribution in [0.25, 0.3) is 0 Å². The molecule has 0 unspecified atom stereocenters. The van der Waals surface area contributed by atoms with Crippen LogP contribution in [0.5, 0.6) is 0 Å². The Kier molecular flexibility index (Phi) is 0.774. The lowest BCUT2D eigenvalue weighted by Gasteiger charge is -1.95. The molecule has 0 heteroatoms. The first kappa shape index (κ1) is 5.04. The Hall–Kier alpha value is -0.780. The normalized spacial score (nSPS) is 22.9. The molecule has 0 aromatic carbocycles. The fourth-order valence-corrected chi connectivity index (χ4v) is 1.52. The summed E-state index contributed by atoms with van der Waals surface area (Å²) in [7, 11) is 0. The zero-order valence-corrected chi connectivity index (χ0v) is 5.86. The van der Waals surface area contributed by atoms with E-state index in [9.17, 15) is 0 Å². The van der Waals surface area contributed by atoms with Crippen molar-refractivity contribution in [2.45, 2.75) is 20.3 Å². The van der Waals surface area contributed by atoms with Gasteiger partial charge in [0.2, 0.25) is 0 Å². The van der Waals surface area contributed by atoms with Crippen LogP contribution in [0, 0.1) is 0 Å². The van der Waals surface area contributed by atoms with E-state index in [2.05, 4.69) is 26.0 Å². The summed E-state index contributed by atoms with van der Waals surface area (Å²) in [4.78, 5) is 0. The highest BCUT2D eigenvalue weighted by Gasteiger charge is 2.18. The van der Waals surface area contributed by atoms with Crippen LogP contribution in [0.2, 0.25) is 0 Å². The Morgan fingerprint density at radius 3 is 2.33 bits per heavy atom. The number of fused-ring (bicyclic) bond motifs is 2. The van der Waals surface area contributed by atoms with E-state index in [1.165, 1.54) is 28.7 Å². The molecule has 9 heavy (non-hydrogen) atoms. The van der Waals surface area contributed by atoms with E-state index in [1.54, 1.807) is 0 Å². The average molecular weight is 118 g/mol. The molecule has 2 aliphatic rings. The number of allylic oxidation sites excluding steroid dienone is 6. The van der Waals surface area contributed by atoms with E-state index in [1.807, 2.05) is 0 Å². The van der Waals surface area contributed by atoms with E-state index in [0.29, 0.717) is 0 Å². The predicted octanol–water partition coefficient (Wildman–Crippen LogP) is 2.59. The molecule has 0 heterocycles. The lowest BCUT2D eigenvalue weighted by atomic mass is 10.1. The summed E-state index contributed by atoms with van der Waals surface area (Å²) in [5.41, 5.74) is 6.00. The Morgan fingerprint density at radius 2 is 2.00 bits per heavy atom. The molecule has 0 N–H and O–H groups in total. The van der Waals surface area contributed by atoms with Crippen molar-refractivity contribution in [3.63, 3.8) is 0 Å². The quantitative estimate of drug-likeness (QED) is 0.458. The second-order valence-electron chi connectivity index (χ2n) is 2.88. The van der Waals surface area contributed by atoms with E-state index < -0.39 is 0 Å². The first-order chi connectivity index (χ1) is 4.27. The van der Waals surface area contributed by atoms with Gasteiger partial charge >= 0.3 is 0 Å². The van der Waals surface area contributed by atoms with E-state index in [-0.39, 0.29) is 0 Å². The maximum Gasteiger partial charge on any atom is -0.00203 e. The monoisotopic (exact) mass is 118 g/mol. The highest BCUT2D eigenvalue weighted by atomic mass is 14.2. The second kappa shape index (κ2) is 1.38. The molecule has 0 aromatic rings. The molecule has 46 valence electrons. The third-order valence-electron chi connectivity index (χ3n) is 2.18.